The van der Waals surface area contributed by atoms with Gasteiger partial charge in [0.25, 0.3) is 0 Å². The quantitative estimate of drug-likeness (QED) is 0.00922. The molecule has 716 valence electrons. The van der Waals surface area contributed by atoms with Gasteiger partial charge in [0, 0.05) is 32.1 Å². The number of carbonyl (C=O) groups is 5. The molecule has 0 saturated carbocycles. The van der Waals surface area contributed by atoms with Crippen LogP contribution in [0.5, 0.6) is 0 Å². The number of aliphatic hydroxyl groups is 8. The minimum absolute atomic E-state index is 0.0387. The zero-order valence-electron chi connectivity index (χ0n) is 78.5. The summed E-state index contributed by atoms with van der Waals surface area (Å²) in [6.07, 6.45) is 71.7. The van der Waals surface area contributed by atoms with Crippen LogP contribution in [0.3, 0.4) is 0 Å². The topological polar surface area (TPSA) is 321 Å². The van der Waals surface area contributed by atoms with Crippen LogP contribution in [-0.4, -0.2) is 144 Å². The van der Waals surface area contributed by atoms with E-state index in [-0.39, 0.29) is 32.1 Å². The van der Waals surface area contributed by atoms with Gasteiger partial charge in [0.2, 0.25) is 5.79 Å². The Morgan fingerprint density at radius 2 is 0.496 bits per heavy atom. The number of aliphatic hydroxyl groups excluding tert-OH is 5. The van der Waals surface area contributed by atoms with Gasteiger partial charge in [0.05, 0.1) is 6.61 Å². The molecule has 0 aromatic carbocycles. The third-order valence-corrected chi connectivity index (χ3v) is 24.1. The van der Waals surface area contributed by atoms with E-state index in [1.807, 2.05) is 0 Å². The van der Waals surface area contributed by atoms with Gasteiger partial charge in [-0.05, 0) is 161 Å². The van der Waals surface area contributed by atoms with E-state index >= 15 is 14.4 Å². The third kappa shape index (κ3) is 48.2. The van der Waals surface area contributed by atoms with Gasteiger partial charge in [0.1, 0.15) is 31.5 Å². The maximum Gasteiger partial charge on any atom is 0.412 e. The van der Waals surface area contributed by atoms with Crippen LogP contribution in [0.2, 0.25) is 0 Å². The van der Waals surface area contributed by atoms with Crippen molar-refractivity contribution >= 4 is 29.8 Å². The first-order chi connectivity index (χ1) is 59.8. The van der Waals surface area contributed by atoms with Crippen molar-refractivity contribution in [1.29, 1.82) is 0 Å². The summed E-state index contributed by atoms with van der Waals surface area (Å²) < 4.78 is 48.9. The minimum Gasteiger partial charge on any atom is -0.423 e. The maximum atomic E-state index is 15.2. The van der Waals surface area contributed by atoms with Crippen LogP contribution < -0.4 is 0 Å². The summed E-state index contributed by atoms with van der Waals surface area (Å²) in [7, 11) is 0. The molecule has 0 aromatic heterocycles. The van der Waals surface area contributed by atoms with E-state index in [1.165, 1.54) is 161 Å². The summed E-state index contributed by atoms with van der Waals surface area (Å²) in [6, 6.07) is 0. The molecule has 0 aliphatic carbocycles. The molecule has 2 aliphatic rings. The lowest BCUT2D eigenvalue weighted by Crippen LogP contribution is -2.92. The van der Waals surface area contributed by atoms with Crippen molar-refractivity contribution < 1.29 is 103 Å². The molecule has 0 spiro atoms. The van der Waals surface area contributed by atoms with Crippen LogP contribution in [0.4, 0.5) is 0 Å². The molecule has 2 fully saturated rings. The number of allylic oxidation sites excluding steroid dienone is 10. The second-order valence-corrected chi connectivity index (χ2v) is 35.4. The molecule has 2 rings (SSSR count). The highest BCUT2D eigenvalue weighted by molar-refractivity contribution is 5.74. The number of hydrogen-bond acceptors (Lipinski definition) is 21. The fourth-order valence-corrected chi connectivity index (χ4v) is 16.2. The molecule has 2 saturated heterocycles. The van der Waals surface area contributed by atoms with Crippen molar-refractivity contribution in [2.75, 3.05) is 19.8 Å². The van der Waals surface area contributed by atoms with Crippen LogP contribution in [0.1, 0.15) is 484 Å². The zero-order valence-corrected chi connectivity index (χ0v) is 78.5. The fourth-order valence-electron chi connectivity index (χ4n) is 16.2. The Morgan fingerprint density at radius 1 is 0.276 bits per heavy atom. The molecule has 0 amide bonds. The largest absolute Gasteiger partial charge is 0.423 e. The standard InChI is InChI=1S/C102H182O21/c1-6-11-16-21-26-31-36-41-46-51-56-61-66-71-76-81-90(106)117-98(88-105)99(113,118-91(107)82-77-72-67-62-57-52-47-42-37-32-27-22-17-12-7-2)100(114,119-92(108)83-78-73-68-63-58-53-48-43-38-33-28-23-18-13-8-3)101(115,120-93(109)84-79-74-69-64-59-54-49-44-39-34-29-24-19-14-9-4)102(123-98,122-97(87-104)96(112)95(111)89(86-103)116-97)121-94(110)85-80-75-70-65-60-55-50-45-40-35-30-25-20-15-10-5/h41-50,89,95-96,103-105,111-115H,6-40,51-88H2,1-5H3/b46-41+,47-42+,48-43+,49-44+,50-45+/t89-,95-,96+,97?,98-,99+,100-,101+,102+/m1/s1. The van der Waals surface area contributed by atoms with Crippen LogP contribution >= 0.6 is 0 Å². The van der Waals surface area contributed by atoms with Crippen molar-refractivity contribution in [3.8, 4) is 0 Å². The van der Waals surface area contributed by atoms with Crippen LogP contribution in [0, 0.1) is 0 Å². The Bertz CT molecular complexity index is 2760. The number of ether oxygens (including phenoxy) is 8. The van der Waals surface area contributed by atoms with Gasteiger partial charge in [-0.3, -0.25) is 33.4 Å². The molecule has 2 heterocycles. The molecular formula is C102H182O21. The molecule has 9 atom stereocenters. The van der Waals surface area contributed by atoms with Gasteiger partial charge in [-0.25, -0.2) is 0 Å². The van der Waals surface area contributed by atoms with E-state index < -0.39 is 135 Å². The highest BCUT2D eigenvalue weighted by Gasteiger charge is 2.94. The molecule has 8 N–H and O–H groups in total. The average Bonchev–Trinajstić information content (AvgIpc) is 1.24. The average molecular weight is 1740 g/mol. The maximum absolute atomic E-state index is 15.2. The highest BCUT2D eigenvalue weighted by atomic mass is 17.0. The van der Waals surface area contributed by atoms with Gasteiger partial charge in [0.15, 0.2) is 0 Å². The van der Waals surface area contributed by atoms with Crippen molar-refractivity contribution in [3.63, 3.8) is 0 Å². The zero-order chi connectivity index (χ0) is 90.0. The Hall–Kier alpha value is -4.39. The molecule has 123 heavy (non-hydrogen) atoms. The summed E-state index contributed by atoms with van der Waals surface area (Å²) in [5.74, 6) is -32.9. The number of rotatable bonds is 85. The Kier molecular flexibility index (Phi) is 69.4. The summed E-state index contributed by atoms with van der Waals surface area (Å²) in [5, 5.41) is 101. The first-order valence-corrected chi connectivity index (χ1v) is 50.6. The van der Waals surface area contributed by atoms with E-state index in [2.05, 4.69) is 95.4 Å². The number of unbranched alkanes of at least 4 members (excludes halogenated alkanes) is 55. The second kappa shape index (κ2) is 74.4. The molecule has 0 aromatic rings. The van der Waals surface area contributed by atoms with Crippen LogP contribution in [0.15, 0.2) is 60.8 Å². The second-order valence-electron chi connectivity index (χ2n) is 35.4. The minimum atomic E-state index is -4.75. The molecule has 1 unspecified atom stereocenters. The van der Waals surface area contributed by atoms with Crippen LogP contribution in [-0.2, 0) is 61.9 Å². The first kappa shape index (κ1) is 115. The van der Waals surface area contributed by atoms with Gasteiger partial charge >= 0.3 is 59.0 Å². The summed E-state index contributed by atoms with van der Waals surface area (Å²) >= 11 is 0. The summed E-state index contributed by atoms with van der Waals surface area (Å²) in [5.41, 5.74) is 0. The summed E-state index contributed by atoms with van der Waals surface area (Å²) in [4.78, 5) is 75.5. The number of hydrogen-bond donors (Lipinski definition) is 8. The van der Waals surface area contributed by atoms with E-state index in [1.54, 1.807) is 0 Å². The van der Waals surface area contributed by atoms with Crippen molar-refractivity contribution in [1.82, 2.24) is 0 Å². The van der Waals surface area contributed by atoms with Crippen molar-refractivity contribution in [2.24, 2.45) is 0 Å². The Morgan fingerprint density at radius 3 is 0.732 bits per heavy atom. The lowest BCUT2D eigenvalue weighted by atomic mass is 9.82. The monoisotopic (exact) mass is 1740 g/mol. The van der Waals surface area contributed by atoms with Gasteiger partial charge in [-0.1, -0.05) is 352 Å². The number of carbonyl (C=O) groups excluding carboxylic acids is 5. The lowest BCUT2D eigenvalue weighted by molar-refractivity contribution is -0.648. The molecule has 2 aliphatic heterocycles. The SMILES string of the molecule is CCCCCCCC/C=C/CCCCCCCC(=O)O[C@]1(CO)O[C@@](OC(=O)CCCCCCC/C=C/CCCCCCCC)(OC2(CO)O[C@H](CO)[C@@H](O)[C@@H]2O)[C@@](O)(OC(=O)CCCCCCC/C=C/CCCCCCCC)[C@](O)(OC(=O)CCCCCCC/C=C/CCCCCCCC)[C@@]1(O)OC(=O)CCCCCCC/C=C/CCCCCCCC. The van der Waals surface area contributed by atoms with Crippen molar-refractivity contribution in [3.05, 3.63) is 60.8 Å². The smallest absolute Gasteiger partial charge is 0.412 e. The third-order valence-electron chi connectivity index (χ3n) is 24.1. The van der Waals surface area contributed by atoms with Gasteiger partial charge in [-0.15, -0.1) is 0 Å². The van der Waals surface area contributed by atoms with Crippen molar-refractivity contribution in [2.45, 2.75) is 537 Å². The van der Waals surface area contributed by atoms with E-state index in [0.717, 1.165) is 161 Å². The fraction of sp³-hybridized carbons (Fsp3) is 0.853. The highest BCUT2D eigenvalue weighted by Crippen LogP contribution is 2.59. The lowest BCUT2D eigenvalue weighted by Gasteiger charge is -2.62. The van der Waals surface area contributed by atoms with Gasteiger partial charge in [-0.2, -0.15) is 0 Å². The molecule has 0 radical (unpaired) electrons. The van der Waals surface area contributed by atoms with Gasteiger partial charge < -0.3 is 69.3 Å². The Balaban J connectivity index is 2.94. The molecular weight excluding hydrogens is 1560 g/mol. The van der Waals surface area contributed by atoms with E-state index in [4.69, 9.17) is 37.9 Å². The Labute approximate surface area is 746 Å². The molecule has 21 nitrogen and oxygen atoms in total. The number of esters is 5. The van der Waals surface area contributed by atoms with E-state index in [9.17, 15) is 50.4 Å². The predicted octanol–water partition coefficient (Wildman–Crippen LogP) is 24.1. The van der Waals surface area contributed by atoms with E-state index in [0.29, 0.717) is 64.2 Å². The normalized spacial score (nSPS) is 22.4. The first-order valence-electron chi connectivity index (χ1n) is 50.6. The molecule has 0 bridgehead atoms. The van der Waals surface area contributed by atoms with Crippen LogP contribution in [0.25, 0.3) is 0 Å². The predicted molar refractivity (Wildman–Crippen MR) is 491 cm³/mol. The summed E-state index contributed by atoms with van der Waals surface area (Å²) in [6.45, 7) is 6.36. The molecule has 21 heteroatoms.